The Balaban J connectivity index is 1.45. The molecule has 0 aliphatic carbocycles. The normalized spacial score (nSPS) is 10.4. The first-order chi connectivity index (χ1) is 12.2. The molecule has 0 saturated heterocycles. The van der Waals surface area contributed by atoms with Gasteiger partial charge in [-0.05, 0) is 36.4 Å². The van der Waals surface area contributed by atoms with Gasteiger partial charge in [-0.25, -0.2) is 0 Å². The van der Waals surface area contributed by atoms with Crippen LogP contribution in [0.3, 0.4) is 0 Å². The average Bonchev–Trinajstić information content (AvgIpc) is 3.31. The predicted octanol–water partition coefficient (Wildman–Crippen LogP) is 4.12. The van der Waals surface area contributed by atoms with E-state index < -0.39 is 0 Å². The fourth-order valence-corrected chi connectivity index (χ4v) is 3.65. The number of anilines is 1. The Morgan fingerprint density at radius 3 is 2.60 bits per heavy atom. The van der Waals surface area contributed by atoms with Gasteiger partial charge in [0.2, 0.25) is 0 Å². The number of nitrogens with one attached hydrogen (secondary N) is 2. The smallest absolute Gasteiger partial charge is 0.291 e. The van der Waals surface area contributed by atoms with E-state index in [0.29, 0.717) is 16.4 Å². The molecule has 5 nitrogen and oxygen atoms in total. The molecule has 2 N–H and O–H groups in total. The van der Waals surface area contributed by atoms with Gasteiger partial charge in [0.15, 0.2) is 5.76 Å². The number of hydrogen-bond donors (Lipinski definition) is 2. The highest BCUT2D eigenvalue weighted by Crippen LogP contribution is 2.22. The summed E-state index contributed by atoms with van der Waals surface area (Å²) in [5, 5.41) is 6.19. The maximum absolute atomic E-state index is 12.1. The zero-order valence-corrected chi connectivity index (χ0v) is 14.9. The van der Waals surface area contributed by atoms with Crippen molar-refractivity contribution >= 4 is 39.9 Å². The summed E-state index contributed by atoms with van der Waals surface area (Å²) in [6.45, 7) is 0.574. The summed E-state index contributed by atoms with van der Waals surface area (Å²) >= 11 is 2.92. The summed E-state index contributed by atoms with van der Waals surface area (Å²) in [4.78, 5) is 25.8. The molecular formula is C18H16N2O3S2. The van der Waals surface area contributed by atoms with Crippen LogP contribution in [0, 0.1) is 0 Å². The molecule has 0 unspecified atom stereocenters. The van der Waals surface area contributed by atoms with E-state index in [1.54, 1.807) is 36.0 Å². The molecule has 2 aromatic heterocycles. The van der Waals surface area contributed by atoms with E-state index >= 15 is 0 Å². The summed E-state index contributed by atoms with van der Waals surface area (Å²) in [6, 6.07) is 16.7. The molecule has 25 heavy (non-hydrogen) atoms. The summed E-state index contributed by atoms with van der Waals surface area (Å²) < 4.78 is 5.03. The van der Waals surface area contributed by atoms with E-state index in [0.717, 1.165) is 5.75 Å². The Morgan fingerprint density at radius 2 is 1.84 bits per heavy atom. The van der Waals surface area contributed by atoms with Crippen molar-refractivity contribution in [1.82, 2.24) is 5.32 Å². The van der Waals surface area contributed by atoms with Crippen LogP contribution in [-0.4, -0.2) is 24.1 Å². The van der Waals surface area contributed by atoms with Crippen molar-refractivity contribution in [2.45, 2.75) is 4.90 Å². The number of carbonyl (C=O) groups is 2. The standard InChI is InChI=1S/C18H16N2O3S2/c21-17(14-7-4-11-23-14)20-16-9-8-15(25-16)18(22)19-10-12-24-13-5-2-1-3-6-13/h1-9,11H,10,12H2,(H,19,22)(H,20,21). The molecule has 0 aliphatic rings. The number of thiophene rings is 1. The molecule has 0 radical (unpaired) electrons. The highest BCUT2D eigenvalue weighted by atomic mass is 32.2. The molecule has 0 aliphatic heterocycles. The van der Waals surface area contributed by atoms with Gasteiger partial charge in [0.1, 0.15) is 0 Å². The minimum absolute atomic E-state index is 0.142. The van der Waals surface area contributed by atoms with Gasteiger partial charge in [-0.1, -0.05) is 18.2 Å². The Morgan fingerprint density at radius 1 is 1.00 bits per heavy atom. The predicted molar refractivity (Wildman–Crippen MR) is 100 cm³/mol. The van der Waals surface area contributed by atoms with Crippen LogP contribution in [0.15, 0.2) is 70.2 Å². The summed E-state index contributed by atoms with van der Waals surface area (Å²) in [5.41, 5.74) is 0. The fourth-order valence-electron chi connectivity index (χ4n) is 2.05. The van der Waals surface area contributed by atoms with Crippen molar-refractivity contribution in [3.8, 4) is 0 Å². The number of benzene rings is 1. The van der Waals surface area contributed by atoms with Gasteiger partial charge in [0, 0.05) is 17.2 Å². The van der Waals surface area contributed by atoms with E-state index in [1.807, 2.05) is 30.3 Å². The van der Waals surface area contributed by atoms with Gasteiger partial charge >= 0.3 is 0 Å². The second kappa shape index (κ2) is 8.55. The molecule has 0 spiro atoms. The van der Waals surface area contributed by atoms with Gasteiger partial charge in [0.05, 0.1) is 16.1 Å². The van der Waals surface area contributed by atoms with Crippen molar-refractivity contribution in [3.05, 3.63) is 71.5 Å². The monoisotopic (exact) mass is 372 g/mol. The third-order valence-corrected chi connectivity index (χ3v) is 5.22. The van der Waals surface area contributed by atoms with E-state index in [1.165, 1.54) is 22.5 Å². The van der Waals surface area contributed by atoms with Gasteiger partial charge in [-0.15, -0.1) is 23.1 Å². The van der Waals surface area contributed by atoms with Crippen molar-refractivity contribution in [2.75, 3.05) is 17.6 Å². The van der Waals surface area contributed by atoms with Crippen LogP contribution in [0.4, 0.5) is 5.00 Å². The fraction of sp³-hybridized carbons (Fsp3) is 0.111. The lowest BCUT2D eigenvalue weighted by molar-refractivity contribution is 0.0958. The zero-order chi connectivity index (χ0) is 17.5. The molecule has 7 heteroatoms. The maximum Gasteiger partial charge on any atom is 0.291 e. The van der Waals surface area contributed by atoms with Gasteiger partial charge in [0.25, 0.3) is 11.8 Å². The Bertz CT molecular complexity index is 829. The van der Waals surface area contributed by atoms with Crippen LogP contribution in [0.25, 0.3) is 0 Å². The number of carbonyl (C=O) groups excluding carboxylic acids is 2. The number of hydrogen-bond acceptors (Lipinski definition) is 5. The number of amides is 2. The first-order valence-electron chi connectivity index (χ1n) is 7.63. The SMILES string of the molecule is O=C(Nc1ccc(C(=O)NCCSc2ccccc2)s1)c1ccco1. The maximum atomic E-state index is 12.1. The molecule has 0 fully saturated rings. The van der Waals surface area contributed by atoms with E-state index in [2.05, 4.69) is 10.6 Å². The minimum atomic E-state index is -0.335. The first-order valence-corrected chi connectivity index (χ1v) is 9.43. The van der Waals surface area contributed by atoms with E-state index in [9.17, 15) is 9.59 Å². The third-order valence-electron chi connectivity index (χ3n) is 3.21. The van der Waals surface area contributed by atoms with Crippen LogP contribution in [-0.2, 0) is 0 Å². The first kappa shape index (κ1) is 17.3. The molecule has 0 bridgehead atoms. The molecular weight excluding hydrogens is 356 g/mol. The number of thioether (sulfide) groups is 1. The molecule has 2 amide bonds. The molecule has 2 heterocycles. The quantitative estimate of drug-likeness (QED) is 0.483. The van der Waals surface area contributed by atoms with Gasteiger partial charge in [-0.2, -0.15) is 0 Å². The minimum Gasteiger partial charge on any atom is -0.459 e. The molecule has 3 rings (SSSR count). The number of furan rings is 1. The zero-order valence-electron chi connectivity index (χ0n) is 13.2. The molecule has 3 aromatic rings. The summed E-state index contributed by atoms with van der Waals surface area (Å²) in [7, 11) is 0. The van der Waals surface area contributed by atoms with Crippen molar-refractivity contribution in [1.29, 1.82) is 0 Å². The van der Waals surface area contributed by atoms with E-state index in [4.69, 9.17) is 4.42 Å². The molecule has 0 atom stereocenters. The molecule has 0 saturated carbocycles. The Hall–Kier alpha value is -2.51. The molecule has 1 aromatic carbocycles. The van der Waals surface area contributed by atoms with Crippen LogP contribution < -0.4 is 10.6 Å². The molecule has 128 valence electrons. The second-order valence-corrected chi connectivity index (χ2v) is 7.26. The highest BCUT2D eigenvalue weighted by molar-refractivity contribution is 7.99. The number of rotatable bonds is 7. The average molecular weight is 372 g/mol. The highest BCUT2D eigenvalue weighted by Gasteiger charge is 2.13. The lowest BCUT2D eigenvalue weighted by Crippen LogP contribution is -2.24. The lowest BCUT2D eigenvalue weighted by atomic mass is 10.4. The third kappa shape index (κ3) is 4.98. The largest absolute Gasteiger partial charge is 0.459 e. The van der Waals surface area contributed by atoms with Gasteiger partial charge < -0.3 is 15.1 Å². The van der Waals surface area contributed by atoms with Gasteiger partial charge in [-0.3, -0.25) is 9.59 Å². The summed E-state index contributed by atoms with van der Waals surface area (Å²) in [6.07, 6.45) is 1.44. The Labute approximate surface area is 153 Å². The Kier molecular flexibility index (Phi) is 5.92. The van der Waals surface area contributed by atoms with E-state index in [-0.39, 0.29) is 17.6 Å². The van der Waals surface area contributed by atoms with Crippen molar-refractivity contribution < 1.29 is 14.0 Å². The summed E-state index contributed by atoms with van der Waals surface area (Å²) in [5.74, 6) is 0.552. The lowest BCUT2D eigenvalue weighted by Gasteiger charge is -2.03. The van der Waals surface area contributed by atoms with Crippen molar-refractivity contribution in [3.63, 3.8) is 0 Å². The van der Waals surface area contributed by atoms with Crippen LogP contribution >= 0.6 is 23.1 Å². The second-order valence-electron chi connectivity index (χ2n) is 5.01. The van der Waals surface area contributed by atoms with Crippen LogP contribution in [0.1, 0.15) is 20.2 Å². The van der Waals surface area contributed by atoms with Crippen LogP contribution in [0.2, 0.25) is 0 Å². The van der Waals surface area contributed by atoms with Crippen molar-refractivity contribution in [2.24, 2.45) is 0 Å². The topological polar surface area (TPSA) is 71.3 Å². The van der Waals surface area contributed by atoms with Crippen LogP contribution in [0.5, 0.6) is 0 Å².